The lowest BCUT2D eigenvalue weighted by Crippen LogP contribution is -2.42. The molecule has 0 N–H and O–H groups in total. The number of rotatable bonds is 10. The molecule has 2 aromatic carbocycles. The van der Waals surface area contributed by atoms with Gasteiger partial charge in [-0.25, -0.2) is 4.39 Å². The molecule has 2 amide bonds. The summed E-state index contributed by atoms with van der Waals surface area (Å²) in [5.41, 5.74) is 1.25. The number of benzene rings is 2. The van der Waals surface area contributed by atoms with E-state index in [4.69, 9.17) is 9.15 Å². The van der Waals surface area contributed by atoms with Crippen LogP contribution in [0.1, 0.15) is 40.8 Å². The maximum Gasteiger partial charge on any atom is 0.254 e. The second kappa shape index (κ2) is 11.3. The van der Waals surface area contributed by atoms with Gasteiger partial charge in [-0.05, 0) is 61.4 Å². The molecule has 0 aliphatic carbocycles. The zero-order valence-corrected chi connectivity index (χ0v) is 19.2. The van der Waals surface area contributed by atoms with Crippen molar-refractivity contribution in [1.29, 1.82) is 0 Å². The van der Waals surface area contributed by atoms with Gasteiger partial charge >= 0.3 is 0 Å². The van der Waals surface area contributed by atoms with E-state index in [1.54, 1.807) is 53.3 Å². The first-order valence-corrected chi connectivity index (χ1v) is 10.9. The van der Waals surface area contributed by atoms with Crippen molar-refractivity contribution in [3.05, 3.63) is 89.1 Å². The minimum absolute atomic E-state index is 0.0786. The second-order valence-corrected chi connectivity index (χ2v) is 7.85. The molecule has 0 radical (unpaired) electrons. The van der Waals surface area contributed by atoms with Gasteiger partial charge in [-0.15, -0.1) is 0 Å². The van der Waals surface area contributed by atoms with Gasteiger partial charge in [0, 0.05) is 18.7 Å². The van der Waals surface area contributed by atoms with Gasteiger partial charge in [-0.1, -0.05) is 25.1 Å². The van der Waals surface area contributed by atoms with Crippen molar-refractivity contribution in [3.63, 3.8) is 0 Å². The van der Waals surface area contributed by atoms with Crippen LogP contribution in [0.4, 0.5) is 4.39 Å². The molecule has 1 aromatic heterocycles. The average molecular weight is 453 g/mol. The van der Waals surface area contributed by atoms with Crippen molar-refractivity contribution in [1.82, 2.24) is 9.80 Å². The highest BCUT2D eigenvalue weighted by atomic mass is 19.1. The Morgan fingerprint density at radius 1 is 1.00 bits per heavy atom. The van der Waals surface area contributed by atoms with Gasteiger partial charge in [0.25, 0.3) is 5.91 Å². The van der Waals surface area contributed by atoms with Crippen molar-refractivity contribution in [2.24, 2.45) is 0 Å². The van der Waals surface area contributed by atoms with Crippen LogP contribution in [0.25, 0.3) is 0 Å². The number of nitrogens with zero attached hydrogens (tertiary/aromatic N) is 2. The van der Waals surface area contributed by atoms with Gasteiger partial charge in [-0.2, -0.15) is 0 Å². The van der Waals surface area contributed by atoms with E-state index in [1.165, 1.54) is 12.1 Å². The lowest BCUT2D eigenvalue weighted by Gasteiger charge is -2.27. The Hall–Kier alpha value is -3.61. The predicted molar refractivity (Wildman–Crippen MR) is 123 cm³/mol. The molecule has 0 saturated carbocycles. The Balaban J connectivity index is 1.80. The molecule has 3 rings (SSSR count). The summed E-state index contributed by atoms with van der Waals surface area (Å²) in [6.07, 6.45) is 0.707. The van der Waals surface area contributed by atoms with E-state index >= 15 is 0 Å². The first kappa shape index (κ1) is 24.0. The number of amides is 2. The van der Waals surface area contributed by atoms with Crippen LogP contribution in [-0.2, 0) is 17.9 Å². The van der Waals surface area contributed by atoms with E-state index in [9.17, 15) is 14.0 Å². The van der Waals surface area contributed by atoms with Crippen LogP contribution in [0.5, 0.6) is 5.75 Å². The molecule has 3 aromatic rings. The second-order valence-electron chi connectivity index (χ2n) is 7.85. The molecule has 0 unspecified atom stereocenters. The van der Waals surface area contributed by atoms with Crippen LogP contribution in [0, 0.1) is 12.7 Å². The number of halogens is 1. The van der Waals surface area contributed by atoms with Crippen LogP contribution >= 0.6 is 0 Å². The zero-order chi connectivity index (χ0) is 23.8. The van der Waals surface area contributed by atoms with E-state index in [1.807, 2.05) is 26.0 Å². The molecular weight excluding hydrogens is 423 g/mol. The van der Waals surface area contributed by atoms with Crippen molar-refractivity contribution in [2.45, 2.75) is 33.4 Å². The minimum atomic E-state index is -0.337. The van der Waals surface area contributed by atoms with Crippen LogP contribution in [-0.4, -0.2) is 41.8 Å². The quantitative estimate of drug-likeness (QED) is 0.443. The summed E-state index contributed by atoms with van der Waals surface area (Å²) in [4.78, 5) is 29.7. The highest BCUT2D eigenvalue weighted by molar-refractivity contribution is 5.96. The van der Waals surface area contributed by atoms with Crippen LogP contribution in [0.3, 0.4) is 0 Å². The minimum Gasteiger partial charge on any atom is -0.497 e. The van der Waals surface area contributed by atoms with Crippen LogP contribution in [0.2, 0.25) is 0 Å². The molecule has 33 heavy (non-hydrogen) atoms. The number of methoxy groups -OCH3 is 1. The van der Waals surface area contributed by atoms with Gasteiger partial charge in [0.15, 0.2) is 0 Å². The molecule has 0 fully saturated rings. The topological polar surface area (TPSA) is 63.0 Å². The summed E-state index contributed by atoms with van der Waals surface area (Å²) >= 11 is 0. The average Bonchev–Trinajstić information content (AvgIpc) is 3.23. The molecule has 7 heteroatoms. The molecule has 174 valence electrons. The first-order valence-electron chi connectivity index (χ1n) is 10.9. The third kappa shape index (κ3) is 6.68. The number of carbonyl (C=O) groups is 2. The van der Waals surface area contributed by atoms with Gasteiger partial charge in [0.1, 0.15) is 29.6 Å². The van der Waals surface area contributed by atoms with Crippen LogP contribution < -0.4 is 4.74 Å². The Kier molecular flexibility index (Phi) is 8.24. The number of aryl methyl sites for hydroxylation is 1. The Labute approximate surface area is 193 Å². The smallest absolute Gasteiger partial charge is 0.254 e. The molecule has 0 aliphatic heterocycles. The number of carbonyl (C=O) groups excluding carboxylic acids is 2. The molecule has 0 spiro atoms. The largest absolute Gasteiger partial charge is 0.497 e. The summed E-state index contributed by atoms with van der Waals surface area (Å²) in [5, 5.41) is 0. The number of hydrogen-bond donors (Lipinski definition) is 0. The Morgan fingerprint density at radius 2 is 1.76 bits per heavy atom. The third-order valence-electron chi connectivity index (χ3n) is 5.21. The normalized spacial score (nSPS) is 10.7. The van der Waals surface area contributed by atoms with Crippen LogP contribution in [0.15, 0.2) is 65.1 Å². The Bertz CT molecular complexity index is 1080. The highest BCUT2D eigenvalue weighted by Gasteiger charge is 2.23. The highest BCUT2D eigenvalue weighted by Crippen LogP contribution is 2.17. The van der Waals surface area contributed by atoms with E-state index in [0.29, 0.717) is 30.0 Å². The summed E-state index contributed by atoms with van der Waals surface area (Å²) in [7, 11) is 1.54. The molecule has 1 heterocycles. The number of ether oxygens (including phenoxy) is 1. The van der Waals surface area contributed by atoms with E-state index in [-0.39, 0.29) is 37.3 Å². The standard InChI is InChI=1S/C26H29FN2O4/c1-4-14-28(26(31)21-6-5-7-23(15-21)32-3)18-25(30)29(17-24-13-8-19(2)33-24)16-20-9-11-22(27)12-10-20/h5-13,15H,4,14,16-18H2,1-3H3. The Morgan fingerprint density at radius 3 is 2.39 bits per heavy atom. The van der Waals surface area contributed by atoms with Gasteiger partial charge in [0.2, 0.25) is 5.91 Å². The lowest BCUT2D eigenvalue weighted by atomic mass is 10.1. The van der Waals surface area contributed by atoms with Crippen molar-refractivity contribution in [2.75, 3.05) is 20.2 Å². The van der Waals surface area contributed by atoms with E-state index < -0.39 is 0 Å². The van der Waals surface area contributed by atoms with E-state index in [2.05, 4.69) is 0 Å². The number of furan rings is 1. The molecule has 0 aliphatic rings. The zero-order valence-electron chi connectivity index (χ0n) is 19.2. The maximum atomic E-state index is 13.4. The van der Waals surface area contributed by atoms with Crippen molar-refractivity contribution in [3.8, 4) is 5.75 Å². The molecule has 0 atom stereocenters. The lowest BCUT2D eigenvalue weighted by molar-refractivity contribution is -0.133. The summed E-state index contributed by atoms with van der Waals surface area (Å²) in [6, 6.07) is 16.6. The predicted octanol–water partition coefficient (Wildman–Crippen LogP) is 4.82. The van der Waals surface area contributed by atoms with E-state index in [0.717, 1.165) is 11.3 Å². The molecular formula is C26H29FN2O4. The molecule has 6 nitrogen and oxygen atoms in total. The molecule has 0 bridgehead atoms. The first-order chi connectivity index (χ1) is 15.9. The SMILES string of the molecule is CCCN(CC(=O)N(Cc1ccc(F)cc1)Cc1ccc(C)o1)C(=O)c1cccc(OC)c1. The van der Waals surface area contributed by atoms with Crippen molar-refractivity contribution >= 4 is 11.8 Å². The fourth-order valence-corrected chi connectivity index (χ4v) is 3.52. The number of hydrogen-bond acceptors (Lipinski definition) is 4. The summed E-state index contributed by atoms with van der Waals surface area (Å²) in [5.74, 6) is 1.17. The summed E-state index contributed by atoms with van der Waals surface area (Å²) in [6.45, 7) is 4.67. The van der Waals surface area contributed by atoms with Gasteiger partial charge < -0.3 is 19.0 Å². The fourth-order valence-electron chi connectivity index (χ4n) is 3.52. The fraction of sp³-hybridized carbons (Fsp3) is 0.308. The maximum absolute atomic E-state index is 13.4. The van der Waals surface area contributed by atoms with Crippen molar-refractivity contribution < 1.29 is 23.1 Å². The van der Waals surface area contributed by atoms with Gasteiger partial charge in [0.05, 0.1) is 13.7 Å². The third-order valence-corrected chi connectivity index (χ3v) is 5.21. The monoisotopic (exact) mass is 452 g/mol. The summed E-state index contributed by atoms with van der Waals surface area (Å²) < 4.78 is 24.2. The molecule has 0 saturated heterocycles. The van der Waals surface area contributed by atoms with Gasteiger partial charge in [-0.3, -0.25) is 9.59 Å².